The van der Waals surface area contributed by atoms with Crippen LogP contribution in [0.15, 0.2) is 12.1 Å². The highest BCUT2D eigenvalue weighted by molar-refractivity contribution is 6.23. The Morgan fingerprint density at radius 2 is 1.90 bits per heavy atom. The number of carbonyl (C=O) groups is 3. The van der Waals surface area contributed by atoms with Crippen LogP contribution in [0.2, 0.25) is 0 Å². The Bertz CT molecular complexity index is 1080. The average Bonchev–Trinajstić information content (AvgIpc) is 3.15. The van der Waals surface area contributed by atoms with Crippen molar-refractivity contribution in [3.63, 3.8) is 0 Å². The second kappa shape index (κ2) is 6.16. The summed E-state index contributed by atoms with van der Waals surface area (Å²) in [6, 6.07) is 1.87. The van der Waals surface area contributed by atoms with Crippen LogP contribution in [0.5, 0.6) is 0 Å². The molecule has 3 fully saturated rings. The van der Waals surface area contributed by atoms with Gasteiger partial charge in [-0.05, 0) is 26.0 Å². The first-order chi connectivity index (χ1) is 14.3. The number of imide groups is 1. The molecule has 3 heterocycles. The van der Waals surface area contributed by atoms with Gasteiger partial charge in [-0.1, -0.05) is 0 Å². The molecule has 2 N–H and O–H groups in total. The Morgan fingerprint density at radius 1 is 1.29 bits per heavy atom. The smallest absolute Gasteiger partial charge is 0.420 e. The number of amides is 3. The maximum absolute atomic E-state index is 14.9. The summed E-state index contributed by atoms with van der Waals surface area (Å²) in [6.07, 6.45) is -6.55. The fourth-order valence-corrected chi connectivity index (χ4v) is 5.24. The van der Waals surface area contributed by atoms with Crippen LogP contribution in [-0.2, 0) is 20.5 Å². The Hall–Kier alpha value is -3.20. The number of benzene rings is 1. The van der Waals surface area contributed by atoms with Crippen LogP contribution in [0.4, 0.5) is 28.0 Å². The summed E-state index contributed by atoms with van der Waals surface area (Å²) in [4.78, 5) is 37.8. The molecule has 2 bridgehead atoms. The van der Waals surface area contributed by atoms with Gasteiger partial charge in [-0.3, -0.25) is 9.59 Å². The van der Waals surface area contributed by atoms with E-state index in [1.54, 1.807) is 0 Å². The number of carbonyl (C=O) groups excluding carboxylic acids is 2. The van der Waals surface area contributed by atoms with E-state index >= 15 is 0 Å². The van der Waals surface area contributed by atoms with Gasteiger partial charge in [-0.15, -0.1) is 0 Å². The third kappa shape index (κ3) is 2.65. The molecule has 3 saturated heterocycles. The van der Waals surface area contributed by atoms with Crippen molar-refractivity contribution in [1.82, 2.24) is 5.32 Å². The number of halogens is 4. The van der Waals surface area contributed by atoms with Crippen molar-refractivity contribution in [3.05, 3.63) is 29.1 Å². The van der Waals surface area contributed by atoms with Crippen molar-refractivity contribution in [1.29, 1.82) is 5.26 Å². The number of nitrogens with one attached hydrogen (secondary N) is 1. The van der Waals surface area contributed by atoms with E-state index in [9.17, 15) is 31.9 Å². The minimum Gasteiger partial charge on any atom is -0.465 e. The van der Waals surface area contributed by atoms with Gasteiger partial charge in [0.05, 0.1) is 46.4 Å². The van der Waals surface area contributed by atoms with Crippen LogP contribution >= 0.6 is 0 Å². The van der Waals surface area contributed by atoms with Gasteiger partial charge in [0, 0.05) is 6.42 Å². The molecule has 1 aromatic rings. The van der Waals surface area contributed by atoms with E-state index < -0.39 is 75.8 Å². The van der Waals surface area contributed by atoms with Gasteiger partial charge in [-0.2, -0.15) is 18.4 Å². The fraction of sp³-hybridized carbons (Fsp3) is 0.474. The first kappa shape index (κ1) is 21.0. The lowest BCUT2D eigenvalue weighted by molar-refractivity contribution is -0.140. The van der Waals surface area contributed by atoms with Crippen LogP contribution in [0.3, 0.4) is 0 Å². The Kier molecular flexibility index (Phi) is 4.18. The monoisotopic (exact) mass is 441 g/mol. The van der Waals surface area contributed by atoms with Crippen molar-refractivity contribution in [2.45, 2.75) is 43.7 Å². The molecule has 1 aromatic carbocycles. The van der Waals surface area contributed by atoms with Crippen molar-refractivity contribution in [3.8, 4) is 6.07 Å². The molecule has 164 valence electrons. The zero-order chi connectivity index (χ0) is 23.1. The predicted molar refractivity (Wildman–Crippen MR) is 93.1 cm³/mol. The summed E-state index contributed by atoms with van der Waals surface area (Å²) in [5.74, 6) is -6.18. The van der Waals surface area contributed by atoms with Crippen LogP contribution < -0.4 is 10.2 Å². The number of hydrogen-bond donors (Lipinski definition) is 2. The Labute approximate surface area is 172 Å². The molecule has 3 amide bonds. The molecule has 0 unspecified atom stereocenters. The number of rotatable bonds is 2. The van der Waals surface area contributed by atoms with Gasteiger partial charge in [-0.25, -0.2) is 14.1 Å². The van der Waals surface area contributed by atoms with Gasteiger partial charge in [0.2, 0.25) is 11.8 Å². The quantitative estimate of drug-likeness (QED) is 0.537. The highest BCUT2D eigenvalue weighted by atomic mass is 19.4. The van der Waals surface area contributed by atoms with E-state index in [1.165, 1.54) is 19.9 Å². The number of ether oxygens (including phenoxy) is 1. The van der Waals surface area contributed by atoms with E-state index in [-0.39, 0.29) is 6.42 Å². The predicted octanol–water partition coefficient (Wildman–Crippen LogP) is 2.41. The van der Waals surface area contributed by atoms with Crippen molar-refractivity contribution >= 4 is 23.6 Å². The van der Waals surface area contributed by atoms with Gasteiger partial charge < -0.3 is 15.2 Å². The summed E-state index contributed by atoms with van der Waals surface area (Å²) in [5.41, 5.74) is -6.49. The summed E-state index contributed by atoms with van der Waals surface area (Å²) < 4.78 is 60.8. The molecule has 0 spiro atoms. The molecule has 0 aromatic heterocycles. The van der Waals surface area contributed by atoms with Gasteiger partial charge in [0.15, 0.2) is 5.82 Å². The standard InChI is InChI=1S/C19H15F4N3O5/c1-17-5-9(25-16(29)30)18(2,31-17)12-11(17)14(27)26(15(12)28)8-4-3-7(6-24)10(13(8)20)19(21,22)23/h3-4,9,11-12,25H,5H2,1-2H3,(H,29,30)/t9-,11-,12+,17-,18+/m0/s1. The Morgan fingerprint density at radius 3 is 2.45 bits per heavy atom. The molecule has 31 heavy (non-hydrogen) atoms. The van der Waals surface area contributed by atoms with Crippen molar-refractivity contribution in [2.24, 2.45) is 11.8 Å². The summed E-state index contributed by atoms with van der Waals surface area (Å²) in [6.45, 7) is 2.94. The van der Waals surface area contributed by atoms with E-state index in [4.69, 9.17) is 15.1 Å². The summed E-state index contributed by atoms with van der Waals surface area (Å²) in [5, 5.41) is 20.2. The largest absolute Gasteiger partial charge is 0.465 e. The minimum absolute atomic E-state index is 0.0491. The van der Waals surface area contributed by atoms with Crippen molar-refractivity contribution in [2.75, 3.05) is 4.90 Å². The molecule has 0 radical (unpaired) electrons. The fourth-order valence-electron chi connectivity index (χ4n) is 5.24. The van der Waals surface area contributed by atoms with Gasteiger partial charge >= 0.3 is 12.3 Å². The van der Waals surface area contributed by atoms with E-state index in [1.807, 2.05) is 0 Å². The summed E-state index contributed by atoms with van der Waals surface area (Å²) >= 11 is 0. The molecule has 3 aliphatic heterocycles. The zero-order valence-electron chi connectivity index (χ0n) is 16.1. The highest BCUT2D eigenvalue weighted by Crippen LogP contribution is 2.61. The maximum atomic E-state index is 14.9. The lowest BCUT2D eigenvalue weighted by atomic mass is 9.66. The molecule has 5 atom stereocenters. The zero-order valence-corrected chi connectivity index (χ0v) is 16.1. The molecule has 0 saturated carbocycles. The lowest BCUT2D eigenvalue weighted by Crippen LogP contribution is -2.56. The van der Waals surface area contributed by atoms with E-state index in [0.717, 1.165) is 6.07 Å². The molecule has 8 nitrogen and oxygen atoms in total. The number of fused-ring (bicyclic) bond motifs is 5. The number of alkyl halides is 3. The van der Waals surface area contributed by atoms with Gasteiger partial charge in [0.25, 0.3) is 0 Å². The average molecular weight is 441 g/mol. The maximum Gasteiger partial charge on any atom is 0.420 e. The molecule has 12 heteroatoms. The number of nitriles is 1. The Balaban J connectivity index is 1.82. The summed E-state index contributed by atoms with van der Waals surface area (Å²) in [7, 11) is 0. The number of anilines is 1. The topological polar surface area (TPSA) is 120 Å². The first-order valence-corrected chi connectivity index (χ1v) is 9.13. The third-order valence-corrected chi connectivity index (χ3v) is 6.40. The first-order valence-electron chi connectivity index (χ1n) is 9.13. The third-order valence-electron chi connectivity index (χ3n) is 6.40. The molecular formula is C19H15F4N3O5. The molecule has 3 aliphatic rings. The molecular weight excluding hydrogens is 426 g/mol. The number of carboxylic acid groups (broad SMARTS) is 1. The van der Waals surface area contributed by atoms with Crippen LogP contribution in [0, 0.1) is 29.0 Å². The normalized spacial score (nSPS) is 34.1. The highest BCUT2D eigenvalue weighted by Gasteiger charge is 2.76. The van der Waals surface area contributed by atoms with Crippen LogP contribution in [0.1, 0.15) is 31.4 Å². The van der Waals surface area contributed by atoms with E-state index in [2.05, 4.69) is 5.32 Å². The lowest BCUT2D eigenvalue weighted by Gasteiger charge is -2.35. The minimum atomic E-state index is -5.23. The van der Waals surface area contributed by atoms with Crippen molar-refractivity contribution < 1.29 is 41.8 Å². The molecule has 4 rings (SSSR count). The van der Waals surface area contributed by atoms with Crippen LogP contribution in [-0.4, -0.2) is 40.3 Å². The second-order valence-electron chi connectivity index (χ2n) is 8.20. The number of hydrogen-bond acceptors (Lipinski definition) is 5. The SMILES string of the molecule is C[C@@]12O[C@@](C)(C[C@@H]1NC(=O)O)[C@@H]1C(=O)N(c3ccc(C#N)c(C(F)(F)F)c3F)C(=O)[C@@H]12. The number of nitrogens with zero attached hydrogens (tertiary/aromatic N) is 2. The second-order valence-corrected chi connectivity index (χ2v) is 8.20. The van der Waals surface area contributed by atoms with E-state index in [0.29, 0.717) is 11.0 Å². The molecule has 0 aliphatic carbocycles. The van der Waals surface area contributed by atoms with Gasteiger partial charge in [0.1, 0.15) is 5.56 Å². The van der Waals surface area contributed by atoms with Crippen LogP contribution in [0.25, 0.3) is 0 Å².